The van der Waals surface area contributed by atoms with E-state index < -0.39 is 0 Å². The zero-order valence-corrected chi connectivity index (χ0v) is 11.7. The van der Waals surface area contributed by atoms with Crippen LogP contribution in [0.4, 0.5) is 0 Å². The van der Waals surface area contributed by atoms with E-state index in [1.807, 2.05) is 0 Å². The van der Waals surface area contributed by atoms with Gasteiger partial charge in [-0.3, -0.25) is 0 Å². The molecule has 0 atom stereocenters. The molecule has 0 unspecified atom stereocenters. The molecule has 0 aromatic heterocycles. The van der Waals surface area contributed by atoms with Crippen molar-refractivity contribution in [3.05, 3.63) is 0 Å². The van der Waals surface area contributed by atoms with Gasteiger partial charge < -0.3 is 0 Å². The third-order valence-electron chi connectivity index (χ3n) is 2.26. The van der Waals surface area contributed by atoms with Gasteiger partial charge in [0.05, 0.1) is 0 Å². The summed E-state index contributed by atoms with van der Waals surface area (Å²) in [5.41, 5.74) is 0. The molecule has 0 aliphatic heterocycles. The molecule has 0 aliphatic carbocycles. The first-order chi connectivity index (χ1) is 6.82. The van der Waals surface area contributed by atoms with Gasteiger partial charge in [-0.1, -0.05) is 41.5 Å². The third-order valence-corrected chi connectivity index (χ3v) is 2.26. The molecule has 0 spiro atoms. The van der Waals surface area contributed by atoms with Crippen molar-refractivity contribution in [3.63, 3.8) is 0 Å². The van der Waals surface area contributed by atoms with Crippen LogP contribution >= 0.6 is 0 Å². The Morgan fingerprint density at radius 2 is 1.00 bits per heavy atom. The van der Waals surface area contributed by atoms with E-state index >= 15 is 0 Å². The minimum Gasteiger partial charge on any atom is -0.245 e. The van der Waals surface area contributed by atoms with Crippen LogP contribution in [0.2, 0.25) is 0 Å². The normalized spacial score (nSPS) is 12.8. The van der Waals surface area contributed by atoms with Crippen molar-refractivity contribution < 1.29 is 0 Å². The minimum absolute atomic E-state index is 0.733. The van der Waals surface area contributed by atoms with Crippen molar-refractivity contribution in [3.8, 4) is 0 Å². The fourth-order valence-electron chi connectivity index (χ4n) is 1.84. The lowest BCUT2D eigenvalue weighted by molar-refractivity contribution is -0.0277. The predicted octanol–water partition coefficient (Wildman–Crippen LogP) is 3.10. The van der Waals surface area contributed by atoms with E-state index in [2.05, 4.69) is 58.6 Å². The molecule has 0 amide bonds. The third kappa shape index (κ3) is 7.80. The summed E-state index contributed by atoms with van der Waals surface area (Å²) >= 11 is 0. The van der Waals surface area contributed by atoms with E-state index in [4.69, 9.17) is 0 Å². The maximum Gasteiger partial charge on any atom is 0.0156 e. The van der Waals surface area contributed by atoms with Gasteiger partial charge in [-0.2, -0.15) is 0 Å². The molecule has 0 saturated heterocycles. The number of rotatable bonds is 7. The van der Waals surface area contributed by atoms with Crippen molar-refractivity contribution in [1.29, 1.82) is 0 Å². The molecule has 0 radical (unpaired) electrons. The van der Waals surface area contributed by atoms with E-state index in [1.165, 1.54) is 13.1 Å². The van der Waals surface area contributed by atoms with Crippen LogP contribution in [-0.4, -0.2) is 36.7 Å². The van der Waals surface area contributed by atoms with Crippen LogP contribution in [0, 0.1) is 17.8 Å². The number of nitrogens with zero attached hydrogens (tertiary/aromatic N) is 2. The summed E-state index contributed by atoms with van der Waals surface area (Å²) in [7, 11) is 2.21. The fraction of sp³-hybridized carbons (Fsp3) is 1.00. The summed E-state index contributed by atoms with van der Waals surface area (Å²) < 4.78 is 0. The molecule has 0 fully saturated rings. The fourth-order valence-corrected chi connectivity index (χ4v) is 1.84. The first kappa shape index (κ1) is 14.9. The van der Waals surface area contributed by atoms with E-state index in [0.29, 0.717) is 0 Å². The van der Waals surface area contributed by atoms with Gasteiger partial charge in [-0.15, -0.1) is 0 Å². The predicted molar refractivity (Wildman–Crippen MR) is 68.7 cm³/mol. The van der Waals surface area contributed by atoms with Crippen molar-refractivity contribution in [2.24, 2.45) is 17.8 Å². The first-order valence-electron chi connectivity index (χ1n) is 6.28. The molecule has 92 valence electrons. The maximum absolute atomic E-state index is 2.50. The molecule has 0 heterocycles. The van der Waals surface area contributed by atoms with Crippen LogP contribution in [0.5, 0.6) is 0 Å². The first-order valence-corrected chi connectivity index (χ1v) is 6.28. The lowest BCUT2D eigenvalue weighted by atomic mass is 10.1. The van der Waals surface area contributed by atoms with E-state index in [1.54, 1.807) is 0 Å². The van der Waals surface area contributed by atoms with Gasteiger partial charge in [0.2, 0.25) is 0 Å². The summed E-state index contributed by atoms with van der Waals surface area (Å²) in [6.07, 6.45) is 0. The topological polar surface area (TPSA) is 6.48 Å². The molecule has 0 aromatic rings. The van der Waals surface area contributed by atoms with Crippen LogP contribution in [0.15, 0.2) is 0 Å². The van der Waals surface area contributed by atoms with Crippen molar-refractivity contribution >= 4 is 0 Å². The van der Waals surface area contributed by atoms with E-state index in [0.717, 1.165) is 24.3 Å². The summed E-state index contributed by atoms with van der Waals surface area (Å²) in [5, 5.41) is 4.89. The standard InChI is InChI=1S/C13H30N2/c1-11(2)8-14(7)15(9-12(3)4)10-13(5)6/h11-13H,8-10H2,1-7H3. The van der Waals surface area contributed by atoms with Gasteiger partial charge in [0.25, 0.3) is 0 Å². The summed E-state index contributed by atoms with van der Waals surface area (Å²) in [6.45, 7) is 17.2. The Balaban J connectivity index is 4.20. The van der Waals surface area contributed by atoms with Crippen LogP contribution < -0.4 is 0 Å². The molecular formula is C13H30N2. The molecule has 2 nitrogen and oxygen atoms in total. The molecule has 0 N–H and O–H groups in total. The number of hydrazine groups is 1. The lowest BCUT2D eigenvalue weighted by Gasteiger charge is -2.35. The highest BCUT2D eigenvalue weighted by Gasteiger charge is 2.14. The Bertz CT molecular complexity index is 143. The molecule has 15 heavy (non-hydrogen) atoms. The highest BCUT2D eigenvalue weighted by molar-refractivity contribution is 4.61. The SMILES string of the molecule is CC(C)CN(C)N(CC(C)C)CC(C)C. The summed E-state index contributed by atoms with van der Waals surface area (Å²) in [5.74, 6) is 2.20. The zero-order chi connectivity index (χ0) is 12.0. The number of hydrogen-bond donors (Lipinski definition) is 0. The molecule has 0 aromatic carbocycles. The molecular weight excluding hydrogens is 184 g/mol. The van der Waals surface area contributed by atoms with Gasteiger partial charge in [-0.25, -0.2) is 10.0 Å². The largest absolute Gasteiger partial charge is 0.245 e. The van der Waals surface area contributed by atoms with Crippen molar-refractivity contribution in [2.75, 3.05) is 26.7 Å². The molecule has 2 heteroatoms. The van der Waals surface area contributed by atoms with E-state index in [-0.39, 0.29) is 0 Å². The van der Waals surface area contributed by atoms with Crippen LogP contribution in [0.1, 0.15) is 41.5 Å². The van der Waals surface area contributed by atoms with Crippen molar-refractivity contribution in [2.45, 2.75) is 41.5 Å². The Kier molecular flexibility index (Phi) is 7.20. The van der Waals surface area contributed by atoms with Gasteiger partial charge in [0.1, 0.15) is 0 Å². The lowest BCUT2D eigenvalue weighted by Crippen LogP contribution is -2.45. The van der Waals surface area contributed by atoms with Crippen LogP contribution in [0.3, 0.4) is 0 Å². The quantitative estimate of drug-likeness (QED) is 0.601. The Hall–Kier alpha value is -0.0800. The average Bonchev–Trinajstić information content (AvgIpc) is 1.99. The molecule has 0 rings (SSSR count). The van der Waals surface area contributed by atoms with Gasteiger partial charge >= 0.3 is 0 Å². The van der Waals surface area contributed by atoms with Crippen LogP contribution in [0.25, 0.3) is 0 Å². The van der Waals surface area contributed by atoms with Crippen molar-refractivity contribution in [1.82, 2.24) is 10.0 Å². The summed E-state index contributed by atoms with van der Waals surface area (Å²) in [4.78, 5) is 0. The Labute approximate surface area is 96.6 Å². The maximum atomic E-state index is 2.50. The van der Waals surface area contributed by atoms with Gasteiger partial charge in [-0.05, 0) is 17.8 Å². The minimum atomic E-state index is 0.733. The second-order valence-corrected chi connectivity index (χ2v) is 5.89. The molecule has 0 aliphatic rings. The Morgan fingerprint density at radius 3 is 1.27 bits per heavy atom. The molecule has 0 saturated carbocycles. The summed E-state index contributed by atoms with van der Waals surface area (Å²) in [6, 6.07) is 0. The monoisotopic (exact) mass is 214 g/mol. The highest BCUT2D eigenvalue weighted by atomic mass is 15.6. The van der Waals surface area contributed by atoms with Gasteiger partial charge in [0, 0.05) is 26.7 Å². The average molecular weight is 214 g/mol. The van der Waals surface area contributed by atoms with Crippen LogP contribution in [-0.2, 0) is 0 Å². The Morgan fingerprint density at radius 1 is 0.667 bits per heavy atom. The molecule has 0 bridgehead atoms. The van der Waals surface area contributed by atoms with E-state index in [9.17, 15) is 0 Å². The smallest absolute Gasteiger partial charge is 0.0156 e. The second-order valence-electron chi connectivity index (χ2n) is 5.89. The number of hydrogen-bond acceptors (Lipinski definition) is 2. The highest BCUT2D eigenvalue weighted by Crippen LogP contribution is 2.08. The zero-order valence-electron chi connectivity index (χ0n) is 11.7. The second kappa shape index (κ2) is 7.24. The van der Waals surface area contributed by atoms with Gasteiger partial charge in [0.15, 0.2) is 0 Å².